The van der Waals surface area contributed by atoms with Crippen molar-refractivity contribution >= 4 is 35.0 Å². The number of rotatable bonds is 5. The van der Waals surface area contributed by atoms with Crippen LogP contribution in [-0.2, 0) is 10.4 Å². The lowest BCUT2D eigenvalue weighted by molar-refractivity contribution is -0.129. The number of hydrogen-bond donors (Lipinski definition) is 2. The van der Waals surface area contributed by atoms with E-state index in [1.165, 1.54) is 6.07 Å². The Balaban J connectivity index is 1.26. The number of nitrogens with zero attached hydrogens (tertiary/aromatic N) is 2. The van der Waals surface area contributed by atoms with Gasteiger partial charge in [-0.15, -0.1) is 0 Å². The molecule has 2 aromatic carbocycles. The van der Waals surface area contributed by atoms with Crippen LogP contribution in [0.1, 0.15) is 40.7 Å². The summed E-state index contributed by atoms with van der Waals surface area (Å²) in [4.78, 5) is 29.2. The predicted octanol–water partition coefficient (Wildman–Crippen LogP) is 3.62. The molecule has 2 aliphatic heterocycles. The number of likely N-dealkylation sites (tertiary alicyclic amines) is 2. The standard InChI is InChI=1S/C25H29Cl2N3O3/c1-17-4-2-3-5-20(17)25(33)9-12-29(13-10-25)19-8-11-30(16-19)23(31)15-28-24(32)18-6-7-21(26)22(27)14-18/h2-7,14,19,33H,8-13,15-16H2,1H3,(H,28,32). The minimum Gasteiger partial charge on any atom is -0.385 e. The fourth-order valence-electron chi connectivity index (χ4n) is 4.90. The van der Waals surface area contributed by atoms with Gasteiger partial charge in [-0.1, -0.05) is 47.5 Å². The molecule has 8 heteroatoms. The van der Waals surface area contributed by atoms with E-state index in [4.69, 9.17) is 23.2 Å². The summed E-state index contributed by atoms with van der Waals surface area (Å²) in [7, 11) is 0. The average molecular weight is 490 g/mol. The van der Waals surface area contributed by atoms with E-state index in [2.05, 4.69) is 10.2 Å². The van der Waals surface area contributed by atoms with Crippen LogP contribution in [0.4, 0.5) is 0 Å². The first kappa shape index (κ1) is 24.0. The molecule has 6 nitrogen and oxygen atoms in total. The Morgan fingerprint density at radius 3 is 2.52 bits per heavy atom. The Kier molecular flexibility index (Phi) is 7.29. The van der Waals surface area contributed by atoms with Crippen molar-refractivity contribution in [3.63, 3.8) is 0 Å². The molecule has 4 rings (SSSR count). The lowest BCUT2D eigenvalue weighted by Crippen LogP contribution is -2.48. The molecule has 176 valence electrons. The average Bonchev–Trinajstić information content (AvgIpc) is 3.30. The number of aryl methyl sites for hydroxylation is 1. The lowest BCUT2D eigenvalue weighted by Gasteiger charge is -2.41. The molecule has 2 fully saturated rings. The third kappa shape index (κ3) is 5.35. The van der Waals surface area contributed by atoms with Crippen molar-refractivity contribution in [2.24, 2.45) is 0 Å². The van der Waals surface area contributed by atoms with Gasteiger partial charge in [-0.25, -0.2) is 0 Å². The van der Waals surface area contributed by atoms with Gasteiger partial charge < -0.3 is 15.3 Å². The van der Waals surface area contributed by atoms with Crippen molar-refractivity contribution in [1.82, 2.24) is 15.1 Å². The molecule has 0 bridgehead atoms. The molecule has 1 atom stereocenters. The molecule has 1 unspecified atom stereocenters. The number of piperidine rings is 1. The zero-order valence-electron chi connectivity index (χ0n) is 18.7. The van der Waals surface area contributed by atoms with E-state index < -0.39 is 5.60 Å². The number of carbonyl (C=O) groups is 2. The monoisotopic (exact) mass is 489 g/mol. The van der Waals surface area contributed by atoms with Gasteiger partial charge in [0.15, 0.2) is 0 Å². The van der Waals surface area contributed by atoms with E-state index in [9.17, 15) is 14.7 Å². The van der Waals surface area contributed by atoms with Gasteiger partial charge in [0.1, 0.15) is 0 Å². The second-order valence-electron chi connectivity index (χ2n) is 8.98. The maximum Gasteiger partial charge on any atom is 0.251 e. The second kappa shape index (κ2) is 10.0. The van der Waals surface area contributed by atoms with E-state index in [1.54, 1.807) is 12.1 Å². The highest BCUT2D eigenvalue weighted by Gasteiger charge is 2.39. The summed E-state index contributed by atoms with van der Waals surface area (Å²) in [5.41, 5.74) is 1.72. The summed E-state index contributed by atoms with van der Waals surface area (Å²) >= 11 is 11.9. The van der Waals surface area contributed by atoms with E-state index in [1.807, 2.05) is 36.1 Å². The Hall–Kier alpha value is -2.12. The predicted molar refractivity (Wildman–Crippen MR) is 130 cm³/mol. The van der Waals surface area contributed by atoms with Crippen molar-refractivity contribution in [2.75, 3.05) is 32.7 Å². The Bertz CT molecular complexity index is 1040. The number of aliphatic hydroxyl groups is 1. The van der Waals surface area contributed by atoms with Crippen LogP contribution in [0, 0.1) is 6.92 Å². The zero-order chi connectivity index (χ0) is 23.6. The first-order valence-corrected chi connectivity index (χ1v) is 12.1. The summed E-state index contributed by atoms with van der Waals surface area (Å²) in [6, 6.07) is 12.9. The number of halogens is 2. The van der Waals surface area contributed by atoms with Crippen LogP contribution in [0.2, 0.25) is 10.0 Å². The minimum atomic E-state index is -0.787. The van der Waals surface area contributed by atoms with Crippen LogP contribution < -0.4 is 5.32 Å². The first-order valence-electron chi connectivity index (χ1n) is 11.3. The number of nitrogens with one attached hydrogen (secondary N) is 1. The molecule has 33 heavy (non-hydrogen) atoms. The SMILES string of the molecule is Cc1ccccc1C1(O)CCN(C2CCN(C(=O)CNC(=O)c3ccc(Cl)c(Cl)c3)C2)CC1. The van der Waals surface area contributed by atoms with Gasteiger partial charge in [0.2, 0.25) is 5.91 Å². The van der Waals surface area contributed by atoms with Crippen LogP contribution in [0.25, 0.3) is 0 Å². The second-order valence-corrected chi connectivity index (χ2v) is 9.79. The molecule has 2 aromatic rings. The number of benzene rings is 2. The highest BCUT2D eigenvalue weighted by Crippen LogP contribution is 2.36. The van der Waals surface area contributed by atoms with Crippen LogP contribution in [0.3, 0.4) is 0 Å². The van der Waals surface area contributed by atoms with Crippen LogP contribution in [0.5, 0.6) is 0 Å². The highest BCUT2D eigenvalue weighted by molar-refractivity contribution is 6.42. The molecule has 0 aliphatic carbocycles. The van der Waals surface area contributed by atoms with Gasteiger partial charge in [0.25, 0.3) is 5.91 Å². The number of carbonyl (C=O) groups excluding carboxylic acids is 2. The fraction of sp³-hybridized carbons (Fsp3) is 0.440. The topological polar surface area (TPSA) is 72.9 Å². The molecule has 2 aliphatic rings. The molecule has 2 saturated heterocycles. The summed E-state index contributed by atoms with van der Waals surface area (Å²) in [5.74, 6) is -0.455. The smallest absolute Gasteiger partial charge is 0.251 e. The summed E-state index contributed by atoms with van der Waals surface area (Å²) in [6.07, 6.45) is 2.26. The Morgan fingerprint density at radius 2 is 1.82 bits per heavy atom. The van der Waals surface area contributed by atoms with Crippen LogP contribution >= 0.6 is 23.2 Å². The minimum absolute atomic E-state index is 0.0567. The third-order valence-electron chi connectivity index (χ3n) is 6.89. The first-order chi connectivity index (χ1) is 15.8. The van der Waals surface area contributed by atoms with E-state index in [0.29, 0.717) is 41.5 Å². The normalized spacial score (nSPS) is 20.6. The Labute approximate surface area is 204 Å². The molecule has 2 amide bonds. The Morgan fingerprint density at radius 1 is 1.09 bits per heavy atom. The number of hydrogen-bond acceptors (Lipinski definition) is 4. The molecule has 2 heterocycles. The van der Waals surface area contributed by atoms with Gasteiger partial charge >= 0.3 is 0 Å². The maximum absolute atomic E-state index is 12.7. The molecule has 2 N–H and O–H groups in total. The van der Waals surface area contributed by atoms with E-state index in [0.717, 1.165) is 30.6 Å². The van der Waals surface area contributed by atoms with Crippen LogP contribution in [0.15, 0.2) is 42.5 Å². The molecule has 0 aromatic heterocycles. The van der Waals surface area contributed by atoms with Crippen LogP contribution in [-0.4, -0.2) is 65.5 Å². The molecule has 0 radical (unpaired) electrons. The lowest BCUT2D eigenvalue weighted by atomic mass is 9.82. The van der Waals surface area contributed by atoms with Gasteiger partial charge in [0, 0.05) is 37.8 Å². The quantitative estimate of drug-likeness (QED) is 0.672. The third-order valence-corrected chi connectivity index (χ3v) is 7.63. The van der Waals surface area contributed by atoms with E-state index >= 15 is 0 Å². The molecular weight excluding hydrogens is 461 g/mol. The summed E-state index contributed by atoms with van der Waals surface area (Å²) in [5, 5.41) is 14.6. The van der Waals surface area contributed by atoms with Crippen molar-refractivity contribution < 1.29 is 14.7 Å². The fourth-order valence-corrected chi connectivity index (χ4v) is 5.20. The van der Waals surface area contributed by atoms with Crippen molar-refractivity contribution in [3.8, 4) is 0 Å². The van der Waals surface area contributed by atoms with E-state index in [-0.39, 0.29) is 24.4 Å². The van der Waals surface area contributed by atoms with Gasteiger partial charge in [-0.3, -0.25) is 14.5 Å². The van der Waals surface area contributed by atoms with Crippen molar-refractivity contribution in [3.05, 3.63) is 69.2 Å². The molecular formula is C25H29Cl2N3O3. The van der Waals surface area contributed by atoms with Gasteiger partial charge in [-0.05, 0) is 55.5 Å². The highest BCUT2D eigenvalue weighted by atomic mass is 35.5. The maximum atomic E-state index is 12.7. The van der Waals surface area contributed by atoms with Gasteiger partial charge in [0.05, 0.1) is 22.2 Å². The van der Waals surface area contributed by atoms with Crippen molar-refractivity contribution in [2.45, 2.75) is 37.8 Å². The summed E-state index contributed by atoms with van der Waals surface area (Å²) < 4.78 is 0. The zero-order valence-corrected chi connectivity index (χ0v) is 20.2. The number of amides is 2. The molecule has 0 saturated carbocycles. The van der Waals surface area contributed by atoms with Gasteiger partial charge in [-0.2, -0.15) is 0 Å². The van der Waals surface area contributed by atoms with Crippen molar-refractivity contribution in [1.29, 1.82) is 0 Å². The summed E-state index contributed by atoms with van der Waals surface area (Å²) in [6.45, 7) is 4.89. The largest absolute Gasteiger partial charge is 0.385 e. The molecule has 0 spiro atoms.